The van der Waals surface area contributed by atoms with E-state index in [0.29, 0.717) is 5.75 Å². The number of rotatable bonds is 5. The summed E-state index contributed by atoms with van der Waals surface area (Å²) in [6.45, 7) is -0.0647. The summed E-state index contributed by atoms with van der Waals surface area (Å²) in [4.78, 5) is 22.1. The van der Waals surface area contributed by atoms with Crippen LogP contribution in [0.25, 0.3) is 0 Å². The van der Waals surface area contributed by atoms with Crippen molar-refractivity contribution in [1.29, 1.82) is 0 Å². The van der Waals surface area contributed by atoms with Crippen molar-refractivity contribution in [3.63, 3.8) is 0 Å². The number of methoxy groups -OCH3 is 1. The van der Waals surface area contributed by atoms with Gasteiger partial charge in [0.05, 0.1) is 24.8 Å². The molecule has 6 nitrogen and oxygen atoms in total. The Labute approximate surface area is 98.5 Å². The molecule has 0 atom stereocenters. The van der Waals surface area contributed by atoms with Gasteiger partial charge in [0, 0.05) is 0 Å². The Bertz CT molecular complexity index is 431. The summed E-state index contributed by atoms with van der Waals surface area (Å²) < 4.78 is 9.82. The minimum atomic E-state index is -0.609. The lowest BCUT2D eigenvalue weighted by molar-refractivity contribution is -0.118. The molecule has 0 bridgehead atoms. The van der Waals surface area contributed by atoms with E-state index in [1.165, 1.54) is 13.2 Å². The molecule has 0 spiro atoms. The van der Waals surface area contributed by atoms with E-state index in [4.69, 9.17) is 20.9 Å². The molecule has 4 N–H and O–H groups in total. The minimum Gasteiger partial charge on any atom is -0.495 e. The molecule has 1 aromatic carbocycles. The maximum Gasteiger partial charge on any atom is 0.340 e. The molecule has 0 unspecified atom stereocenters. The Balaban J connectivity index is 2.72. The first-order valence-corrected chi connectivity index (χ1v) is 4.94. The van der Waals surface area contributed by atoms with E-state index in [1.54, 1.807) is 12.1 Å². The number of para-hydroxylation sites is 1. The average Bonchev–Trinajstić information content (AvgIpc) is 2.28. The molecule has 0 aromatic heterocycles. The Morgan fingerprint density at radius 2 is 2.06 bits per heavy atom. The van der Waals surface area contributed by atoms with E-state index in [0.717, 1.165) is 0 Å². The molecule has 1 aromatic rings. The first-order chi connectivity index (χ1) is 8.06. The van der Waals surface area contributed by atoms with Crippen LogP contribution < -0.4 is 16.2 Å². The number of esters is 1. The van der Waals surface area contributed by atoms with Crippen LogP contribution >= 0.6 is 0 Å². The summed E-state index contributed by atoms with van der Waals surface area (Å²) in [5.74, 6) is -0.742. The summed E-state index contributed by atoms with van der Waals surface area (Å²) in [7, 11) is 1.45. The highest BCUT2D eigenvalue weighted by Gasteiger charge is 2.14. The van der Waals surface area contributed by atoms with Gasteiger partial charge in [0.25, 0.3) is 0 Å². The van der Waals surface area contributed by atoms with Crippen molar-refractivity contribution in [2.75, 3.05) is 19.5 Å². The molecule has 0 aliphatic rings. The van der Waals surface area contributed by atoms with Gasteiger partial charge in [-0.1, -0.05) is 6.07 Å². The molecule has 92 valence electrons. The van der Waals surface area contributed by atoms with Crippen LogP contribution in [0, 0.1) is 0 Å². The molecule has 0 saturated heterocycles. The second-order valence-corrected chi connectivity index (χ2v) is 3.27. The number of ether oxygens (including phenoxy) is 2. The predicted octanol–water partition coefficient (Wildman–Crippen LogP) is 0.310. The van der Waals surface area contributed by atoms with Gasteiger partial charge < -0.3 is 20.9 Å². The van der Waals surface area contributed by atoms with E-state index in [1.807, 2.05) is 0 Å². The highest BCUT2D eigenvalue weighted by molar-refractivity contribution is 5.96. The number of carbonyl (C=O) groups excluding carboxylic acids is 2. The van der Waals surface area contributed by atoms with Gasteiger partial charge in [-0.25, -0.2) is 4.79 Å². The van der Waals surface area contributed by atoms with Crippen molar-refractivity contribution in [1.82, 2.24) is 0 Å². The molecule has 0 radical (unpaired) electrons. The Kier molecular flexibility index (Phi) is 4.33. The zero-order chi connectivity index (χ0) is 12.8. The quantitative estimate of drug-likeness (QED) is 0.567. The number of hydrogen-bond donors (Lipinski definition) is 2. The maximum atomic E-state index is 11.6. The molecule has 0 saturated carbocycles. The third-order valence-corrected chi connectivity index (χ3v) is 2.09. The topological polar surface area (TPSA) is 105 Å². The molecule has 6 heteroatoms. The predicted molar refractivity (Wildman–Crippen MR) is 61.5 cm³/mol. The van der Waals surface area contributed by atoms with E-state index < -0.39 is 11.9 Å². The molecular weight excluding hydrogens is 224 g/mol. The maximum absolute atomic E-state index is 11.6. The van der Waals surface area contributed by atoms with E-state index >= 15 is 0 Å². The fourth-order valence-corrected chi connectivity index (χ4v) is 1.22. The van der Waals surface area contributed by atoms with Crippen LogP contribution in [0.2, 0.25) is 0 Å². The Morgan fingerprint density at radius 3 is 2.65 bits per heavy atom. The minimum absolute atomic E-state index is 0.0182. The normalized spacial score (nSPS) is 9.71. The molecular formula is C11H14N2O4. The van der Waals surface area contributed by atoms with Crippen LogP contribution in [-0.4, -0.2) is 25.6 Å². The number of carbonyl (C=O) groups is 2. The van der Waals surface area contributed by atoms with Gasteiger partial charge >= 0.3 is 5.97 Å². The third kappa shape index (κ3) is 3.37. The molecule has 0 aliphatic heterocycles. The largest absolute Gasteiger partial charge is 0.495 e. The third-order valence-electron chi connectivity index (χ3n) is 2.09. The molecule has 0 heterocycles. The second-order valence-electron chi connectivity index (χ2n) is 3.27. The number of hydrogen-bond acceptors (Lipinski definition) is 5. The Morgan fingerprint density at radius 1 is 1.35 bits per heavy atom. The zero-order valence-corrected chi connectivity index (χ0v) is 9.43. The van der Waals surface area contributed by atoms with Crippen molar-refractivity contribution < 1.29 is 19.1 Å². The standard InChI is InChI=1S/C11H14N2O4/c1-16-8-4-2-3-7(10(8)13)11(15)17-6-5-9(12)14/h2-4H,5-6,13H2,1H3,(H2,12,14). The van der Waals surface area contributed by atoms with Crippen molar-refractivity contribution >= 4 is 17.6 Å². The number of primary amides is 1. The first kappa shape index (κ1) is 12.8. The lowest BCUT2D eigenvalue weighted by Gasteiger charge is -2.09. The molecule has 1 rings (SSSR count). The molecule has 1 amide bonds. The van der Waals surface area contributed by atoms with Crippen LogP contribution in [0.3, 0.4) is 0 Å². The van der Waals surface area contributed by atoms with Crippen molar-refractivity contribution in [2.24, 2.45) is 5.73 Å². The zero-order valence-electron chi connectivity index (χ0n) is 9.43. The van der Waals surface area contributed by atoms with Crippen LogP contribution in [0.15, 0.2) is 18.2 Å². The van der Waals surface area contributed by atoms with Crippen molar-refractivity contribution in [3.05, 3.63) is 23.8 Å². The highest BCUT2D eigenvalue weighted by Crippen LogP contribution is 2.25. The van der Waals surface area contributed by atoms with Gasteiger partial charge in [-0.05, 0) is 12.1 Å². The Hall–Kier alpha value is -2.24. The number of nitrogen functional groups attached to an aromatic ring is 1. The van der Waals surface area contributed by atoms with E-state index in [9.17, 15) is 9.59 Å². The lowest BCUT2D eigenvalue weighted by atomic mass is 10.1. The number of benzene rings is 1. The van der Waals surface area contributed by atoms with Crippen molar-refractivity contribution in [3.8, 4) is 5.75 Å². The van der Waals surface area contributed by atoms with Gasteiger partial charge in [-0.2, -0.15) is 0 Å². The van der Waals surface area contributed by atoms with Crippen LogP contribution in [0.5, 0.6) is 5.75 Å². The average molecular weight is 238 g/mol. The SMILES string of the molecule is COc1cccc(C(=O)OCCC(N)=O)c1N. The monoisotopic (exact) mass is 238 g/mol. The second kappa shape index (κ2) is 5.74. The van der Waals surface area contributed by atoms with Gasteiger partial charge in [-0.3, -0.25) is 4.79 Å². The lowest BCUT2D eigenvalue weighted by Crippen LogP contribution is -2.16. The number of amides is 1. The molecule has 0 fully saturated rings. The van der Waals surface area contributed by atoms with E-state index in [-0.39, 0.29) is 24.3 Å². The van der Waals surface area contributed by atoms with Gasteiger partial charge in [-0.15, -0.1) is 0 Å². The van der Waals surface area contributed by atoms with Crippen LogP contribution in [-0.2, 0) is 9.53 Å². The van der Waals surface area contributed by atoms with Gasteiger partial charge in [0.2, 0.25) is 5.91 Å². The summed E-state index contributed by atoms with van der Waals surface area (Å²) in [6.07, 6.45) is -0.0182. The van der Waals surface area contributed by atoms with Gasteiger partial charge in [0.15, 0.2) is 0 Å². The van der Waals surface area contributed by atoms with Gasteiger partial charge in [0.1, 0.15) is 12.4 Å². The fraction of sp³-hybridized carbons (Fsp3) is 0.273. The highest BCUT2D eigenvalue weighted by atomic mass is 16.5. The van der Waals surface area contributed by atoms with Crippen LogP contribution in [0.4, 0.5) is 5.69 Å². The molecule has 0 aliphatic carbocycles. The first-order valence-electron chi connectivity index (χ1n) is 4.94. The van der Waals surface area contributed by atoms with Crippen molar-refractivity contribution in [2.45, 2.75) is 6.42 Å². The smallest absolute Gasteiger partial charge is 0.340 e. The summed E-state index contributed by atoms with van der Waals surface area (Å²) in [5, 5.41) is 0. The van der Waals surface area contributed by atoms with Crippen LogP contribution in [0.1, 0.15) is 16.8 Å². The number of nitrogens with two attached hydrogens (primary N) is 2. The summed E-state index contributed by atoms with van der Waals surface area (Å²) >= 11 is 0. The summed E-state index contributed by atoms with van der Waals surface area (Å²) in [5.41, 5.74) is 11.0. The fourth-order valence-electron chi connectivity index (χ4n) is 1.22. The van der Waals surface area contributed by atoms with E-state index in [2.05, 4.69) is 0 Å². The molecule has 17 heavy (non-hydrogen) atoms. The number of anilines is 1. The summed E-state index contributed by atoms with van der Waals surface area (Å²) in [6, 6.07) is 4.78.